The Morgan fingerprint density at radius 2 is 1.72 bits per heavy atom. The molecule has 7 heteroatoms. The Balaban J connectivity index is 2.10. The third-order valence-corrected chi connectivity index (χ3v) is 4.61. The third-order valence-electron chi connectivity index (χ3n) is 4.61. The molecule has 0 bridgehead atoms. The van der Waals surface area contributed by atoms with Crippen LogP contribution in [0.25, 0.3) is 0 Å². The van der Waals surface area contributed by atoms with Crippen LogP contribution in [0.4, 0.5) is 18.9 Å². The predicted molar refractivity (Wildman–Crippen MR) is 105 cm³/mol. The molecule has 0 aliphatic carbocycles. The molecule has 0 saturated heterocycles. The van der Waals surface area contributed by atoms with Crippen molar-refractivity contribution in [3.8, 4) is 0 Å². The van der Waals surface area contributed by atoms with Crippen LogP contribution in [0.15, 0.2) is 65.5 Å². The molecule has 0 atom stereocenters. The van der Waals surface area contributed by atoms with Crippen LogP contribution < -0.4 is 10.5 Å². The van der Waals surface area contributed by atoms with E-state index in [4.69, 9.17) is 0 Å². The molecular formula is C22H19F3N2O2. The summed E-state index contributed by atoms with van der Waals surface area (Å²) in [5, 5.41) is 0. The van der Waals surface area contributed by atoms with Crippen LogP contribution in [0.3, 0.4) is 0 Å². The van der Waals surface area contributed by atoms with Crippen molar-refractivity contribution >= 4 is 11.6 Å². The number of hydrogen-bond donors (Lipinski definition) is 1. The summed E-state index contributed by atoms with van der Waals surface area (Å²) in [4.78, 5) is 29.2. The number of aryl methyl sites for hydroxylation is 2. The highest BCUT2D eigenvalue weighted by Gasteiger charge is 2.31. The fourth-order valence-electron chi connectivity index (χ4n) is 2.97. The lowest BCUT2D eigenvalue weighted by atomic mass is 10.1. The minimum absolute atomic E-state index is 0.0279. The fraction of sp³-hybridized carbons (Fsp3) is 0.182. The molecule has 0 aliphatic rings. The summed E-state index contributed by atoms with van der Waals surface area (Å²) >= 11 is 0. The van der Waals surface area contributed by atoms with Crippen molar-refractivity contribution in [2.45, 2.75) is 26.6 Å². The molecule has 0 unspecified atom stereocenters. The second-order valence-corrected chi connectivity index (χ2v) is 6.75. The number of alkyl halides is 3. The Labute approximate surface area is 165 Å². The molecule has 150 valence electrons. The first-order valence-corrected chi connectivity index (χ1v) is 8.90. The number of pyridine rings is 1. The van der Waals surface area contributed by atoms with Gasteiger partial charge in [0.1, 0.15) is 5.56 Å². The number of carbonyl (C=O) groups excluding carboxylic acids is 1. The zero-order valence-electron chi connectivity index (χ0n) is 15.9. The van der Waals surface area contributed by atoms with Crippen molar-refractivity contribution in [1.82, 2.24) is 4.98 Å². The molecule has 3 rings (SSSR count). The summed E-state index contributed by atoms with van der Waals surface area (Å²) in [6.07, 6.45) is -4.55. The number of H-pyrrole nitrogens is 1. The summed E-state index contributed by atoms with van der Waals surface area (Å²) in [6.45, 7) is 3.55. The number of nitrogens with one attached hydrogen (secondary N) is 1. The molecule has 29 heavy (non-hydrogen) atoms. The average Bonchev–Trinajstić information content (AvgIpc) is 2.66. The van der Waals surface area contributed by atoms with Gasteiger partial charge in [-0.1, -0.05) is 30.3 Å². The average molecular weight is 400 g/mol. The topological polar surface area (TPSA) is 53.2 Å². The number of carbonyl (C=O) groups is 1. The Morgan fingerprint density at radius 3 is 2.38 bits per heavy atom. The number of anilines is 1. The molecule has 1 heterocycles. The highest BCUT2D eigenvalue weighted by molar-refractivity contribution is 6.05. The molecule has 1 amide bonds. The summed E-state index contributed by atoms with van der Waals surface area (Å²) in [6, 6.07) is 14.8. The van der Waals surface area contributed by atoms with E-state index in [2.05, 4.69) is 4.98 Å². The Hall–Kier alpha value is -3.35. The zero-order valence-corrected chi connectivity index (χ0v) is 15.9. The summed E-state index contributed by atoms with van der Waals surface area (Å²) in [5.41, 5.74) is 0.703. The van der Waals surface area contributed by atoms with Crippen molar-refractivity contribution in [3.05, 3.63) is 99.0 Å². The first kappa shape index (κ1) is 20.4. The summed E-state index contributed by atoms with van der Waals surface area (Å²) in [5.74, 6) is -0.672. The molecule has 0 fully saturated rings. The van der Waals surface area contributed by atoms with Crippen molar-refractivity contribution in [2.24, 2.45) is 0 Å². The van der Waals surface area contributed by atoms with E-state index in [1.807, 2.05) is 19.1 Å². The van der Waals surface area contributed by atoms with Gasteiger partial charge in [-0.25, -0.2) is 0 Å². The number of amides is 1. The standard InChI is InChI=1S/C22H19F3N2O2/c1-14-6-3-4-7-16(14)13-27(18-9-5-8-17(12-18)22(23,24)25)21(29)19-11-10-15(2)26-20(19)28/h3-12H,13H2,1-2H3,(H,26,28). The normalized spacial score (nSPS) is 11.3. The molecule has 4 nitrogen and oxygen atoms in total. The van der Waals surface area contributed by atoms with E-state index in [-0.39, 0.29) is 17.8 Å². The highest BCUT2D eigenvalue weighted by atomic mass is 19.4. The summed E-state index contributed by atoms with van der Waals surface area (Å²) < 4.78 is 39.6. The Morgan fingerprint density at radius 1 is 1.00 bits per heavy atom. The van der Waals surface area contributed by atoms with Crippen LogP contribution in [0.1, 0.15) is 32.7 Å². The quantitative estimate of drug-likeness (QED) is 0.680. The van der Waals surface area contributed by atoms with E-state index >= 15 is 0 Å². The molecule has 0 spiro atoms. The maximum Gasteiger partial charge on any atom is 0.416 e. The smallest absolute Gasteiger partial charge is 0.326 e. The molecule has 0 radical (unpaired) electrons. The summed E-state index contributed by atoms with van der Waals surface area (Å²) in [7, 11) is 0. The van der Waals surface area contributed by atoms with Crippen LogP contribution in [-0.4, -0.2) is 10.9 Å². The number of nitrogens with zero attached hydrogens (tertiary/aromatic N) is 1. The van der Waals surface area contributed by atoms with Crippen LogP contribution in [0.5, 0.6) is 0 Å². The van der Waals surface area contributed by atoms with Gasteiger partial charge in [-0.2, -0.15) is 13.2 Å². The molecule has 1 aromatic heterocycles. The van der Waals surface area contributed by atoms with Gasteiger partial charge in [-0.15, -0.1) is 0 Å². The Bertz CT molecular complexity index is 1100. The predicted octanol–water partition coefficient (Wildman–Crippen LogP) is 4.86. The largest absolute Gasteiger partial charge is 0.416 e. The van der Waals surface area contributed by atoms with Crippen LogP contribution in [-0.2, 0) is 12.7 Å². The number of rotatable bonds is 4. The van der Waals surface area contributed by atoms with Gasteiger partial charge in [0.15, 0.2) is 0 Å². The van der Waals surface area contributed by atoms with Gasteiger partial charge in [0.05, 0.1) is 12.1 Å². The van der Waals surface area contributed by atoms with Crippen LogP contribution in [0.2, 0.25) is 0 Å². The monoisotopic (exact) mass is 400 g/mol. The van der Waals surface area contributed by atoms with Gasteiger partial charge in [-0.05, 0) is 55.3 Å². The molecule has 2 aromatic carbocycles. The number of aromatic amines is 1. The molecule has 1 N–H and O–H groups in total. The van der Waals surface area contributed by atoms with Gasteiger partial charge < -0.3 is 9.88 Å². The van der Waals surface area contributed by atoms with Gasteiger partial charge in [0.25, 0.3) is 11.5 Å². The minimum Gasteiger partial charge on any atom is -0.326 e. The maximum atomic E-state index is 13.2. The van der Waals surface area contributed by atoms with Crippen LogP contribution >= 0.6 is 0 Å². The second-order valence-electron chi connectivity index (χ2n) is 6.75. The Kier molecular flexibility index (Phi) is 5.59. The number of aromatic nitrogens is 1. The zero-order chi connectivity index (χ0) is 21.2. The molecule has 3 aromatic rings. The fourth-order valence-corrected chi connectivity index (χ4v) is 2.97. The van der Waals surface area contributed by atoms with Gasteiger partial charge in [-0.3, -0.25) is 9.59 Å². The van der Waals surface area contributed by atoms with E-state index in [0.29, 0.717) is 5.69 Å². The maximum absolute atomic E-state index is 13.2. The third kappa shape index (κ3) is 4.56. The van der Waals surface area contributed by atoms with Crippen molar-refractivity contribution in [3.63, 3.8) is 0 Å². The lowest BCUT2D eigenvalue weighted by Gasteiger charge is -2.24. The van der Waals surface area contributed by atoms with Gasteiger partial charge in [0.2, 0.25) is 0 Å². The second kappa shape index (κ2) is 7.95. The van der Waals surface area contributed by atoms with E-state index in [1.54, 1.807) is 25.1 Å². The van der Waals surface area contributed by atoms with Crippen molar-refractivity contribution < 1.29 is 18.0 Å². The number of benzene rings is 2. The van der Waals surface area contributed by atoms with E-state index in [0.717, 1.165) is 23.3 Å². The molecular weight excluding hydrogens is 381 g/mol. The minimum atomic E-state index is -4.55. The van der Waals surface area contributed by atoms with Crippen molar-refractivity contribution in [2.75, 3.05) is 4.90 Å². The molecule has 0 saturated carbocycles. The first-order valence-electron chi connectivity index (χ1n) is 8.90. The van der Waals surface area contributed by atoms with Gasteiger partial charge >= 0.3 is 6.18 Å². The lowest BCUT2D eigenvalue weighted by Crippen LogP contribution is -2.35. The van der Waals surface area contributed by atoms with Crippen LogP contribution in [0, 0.1) is 13.8 Å². The lowest BCUT2D eigenvalue weighted by molar-refractivity contribution is -0.137. The number of halogens is 3. The van der Waals surface area contributed by atoms with Crippen molar-refractivity contribution in [1.29, 1.82) is 0 Å². The highest BCUT2D eigenvalue weighted by Crippen LogP contribution is 2.32. The van der Waals surface area contributed by atoms with E-state index < -0.39 is 23.2 Å². The SMILES string of the molecule is Cc1ccc(C(=O)N(Cc2ccccc2C)c2cccc(C(F)(F)F)c2)c(=O)[nH]1. The first-order chi connectivity index (χ1) is 13.7. The van der Waals surface area contributed by atoms with E-state index in [1.165, 1.54) is 23.1 Å². The van der Waals surface area contributed by atoms with E-state index in [9.17, 15) is 22.8 Å². The number of hydrogen-bond acceptors (Lipinski definition) is 2. The molecule has 0 aliphatic heterocycles. The van der Waals surface area contributed by atoms with Gasteiger partial charge in [0, 0.05) is 11.4 Å².